The Morgan fingerprint density at radius 3 is 2.79 bits per heavy atom. The number of hydrogen-bond acceptors (Lipinski definition) is 2. The van der Waals surface area contributed by atoms with E-state index in [0.717, 1.165) is 29.8 Å². The number of nitrogens with zero attached hydrogens (tertiary/aromatic N) is 2. The summed E-state index contributed by atoms with van der Waals surface area (Å²) in [6, 6.07) is 7.12. The lowest BCUT2D eigenvalue weighted by Crippen LogP contribution is -2.05. The van der Waals surface area contributed by atoms with Crippen LogP contribution in [0.3, 0.4) is 0 Å². The number of benzene rings is 1. The number of aromatic nitrogens is 2. The summed E-state index contributed by atoms with van der Waals surface area (Å²) in [5.41, 5.74) is 2.76. The smallest absolute Gasteiger partial charge is 0.356 e. The monoisotopic (exact) mass is 278 g/mol. The molecule has 1 aromatic carbocycles. The molecule has 0 saturated carbocycles. The molecular formula is C14H15ClN2O2. The molecular weight excluding hydrogens is 264 g/mol. The van der Waals surface area contributed by atoms with Crippen molar-refractivity contribution in [2.75, 3.05) is 0 Å². The summed E-state index contributed by atoms with van der Waals surface area (Å²) in [5.74, 6) is -1.02. The zero-order chi connectivity index (χ0) is 14.0. The molecule has 1 N–H and O–H groups in total. The number of carbonyl (C=O) groups is 1. The number of carboxylic acid groups (broad SMARTS) is 1. The van der Waals surface area contributed by atoms with Crippen LogP contribution in [0.2, 0.25) is 5.02 Å². The summed E-state index contributed by atoms with van der Waals surface area (Å²) < 4.78 is 1.67. The number of rotatable bonds is 4. The number of halogens is 1. The SMILES string of the molecule is CCCc1cc(C(=O)O)nn1-c1cc(Cl)ccc1C. The Kier molecular flexibility index (Phi) is 3.90. The van der Waals surface area contributed by atoms with E-state index in [2.05, 4.69) is 5.10 Å². The van der Waals surface area contributed by atoms with Gasteiger partial charge in [-0.25, -0.2) is 9.48 Å². The molecule has 1 aromatic heterocycles. The molecule has 2 rings (SSSR count). The molecule has 0 aliphatic rings. The van der Waals surface area contributed by atoms with Crippen LogP contribution in [0.15, 0.2) is 24.3 Å². The molecule has 0 amide bonds. The Hall–Kier alpha value is -1.81. The van der Waals surface area contributed by atoms with Gasteiger partial charge >= 0.3 is 5.97 Å². The molecule has 0 atom stereocenters. The van der Waals surface area contributed by atoms with Gasteiger partial charge in [0.2, 0.25) is 0 Å². The van der Waals surface area contributed by atoms with Crippen LogP contribution in [-0.2, 0) is 6.42 Å². The van der Waals surface area contributed by atoms with Crippen molar-refractivity contribution in [3.05, 3.63) is 46.2 Å². The minimum atomic E-state index is -1.02. The Labute approximate surface area is 116 Å². The highest BCUT2D eigenvalue weighted by molar-refractivity contribution is 6.30. The van der Waals surface area contributed by atoms with Crippen LogP contribution < -0.4 is 0 Å². The summed E-state index contributed by atoms with van der Waals surface area (Å²) >= 11 is 6.01. The average molecular weight is 279 g/mol. The van der Waals surface area contributed by atoms with E-state index in [1.54, 1.807) is 16.8 Å². The van der Waals surface area contributed by atoms with Crippen molar-refractivity contribution in [3.63, 3.8) is 0 Å². The molecule has 5 heteroatoms. The first kappa shape index (κ1) is 13.6. The van der Waals surface area contributed by atoms with Gasteiger partial charge in [-0.3, -0.25) is 0 Å². The minimum absolute atomic E-state index is 0.0582. The third-order valence-corrected chi connectivity index (χ3v) is 3.14. The van der Waals surface area contributed by atoms with Crippen molar-refractivity contribution in [1.29, 1.82) is 0 Å². The zero-order valence-electron chi connectivity index (χ0n) is 10.9. The standard InChI is InChI=1S/C14H15ClN2O2/c1-3-4-11-8-12(14(18)19)16-17(11)13-7-10(15)6-5-9(13)2/h5-8H,3-4H2,1-2H3,(H,18,19). The second-order valence-electron chi connectivity index (χ2n) is 4.42. The Balaban J connectivity index is 2.59. The molecule has 0 saturated heterocycles. The van der Waals surface area contributed by atoms with Crippen molar-refractivity contribution >= 4 is 17.6 Å². The van der Waals surface area contributed by atoms with Gasteiger partial charge in [0.15, 0.2) is 5.69 Å². The van der Waals surface area contributed by atoms with Crippen LogP contribution in [-0.4, -0.2) is 20.9 Å². The normalized spacial score (nSPS) is 10.7. The summed E-state index contributed by atoms with van der Waals surface area (Å²) in [7, 11) is 0. The van der Waals surface area contributed by atoms with E-state index in [-0.39, 0.29) is 5.69 Å². The first-order chi connectivity index (χ1) is 9.02. The topological polar surface area (TPSA) is 55.1 Å². The fourth-order valence-corrected chi connectivity index (χ4v) is 2.14. The summed E-state index contributed by atoms with van der Waals surface area (Å²) in [6.45, 7) is 3.99. The second kappa shape index (κ2) is 5.45. The molecule has 2 aromatic rings. The second-order valence-corrected chi connectivity index (χ2v) is 4.86. The maximum atomic E-state index is 11.1. The highest BCUT2D eigenvalue weighted by atomic mass is 35.5. The van der Waals surface area contributed by atoms with Crippen LogP contribution in [0.25, 0.3) is 5.69 Å². The first-order valence-electron chi connectivity index (χ1n) is 6.11. The third kappa shape index (κ3) is 2.79. The first-order valence-corrected chi connectivity index (χ1v) is 6.49. The molecule has 19 heavy (non-hydrogen) atoms. The summed E-state index contributed by atoms with van der Waals surface area (Å²) in [6.07, 6.45) is 1.69. The number of carboxylic acids is 1. The Bertz CT molecular complexity index is 620. The number of hydrogen-bond donors (Lipinski definition) is 1. The molecule has 0 aliphatic carbocycles. The fourth-order valence-electron chi connectivity index (χ4n) is 1.98. The zero-order valence-corrected chi connectivity index (χ0v) is 11.6. The van der Waals surface area contributed by atoms with Gasteiger partial charge in [-0.2, -0.15) is 5.10 Å². The van der Waals surface area contributed by atoms with Gasteiger partial charge in [0.05, 0.1) is 5.69 Å². The van der Waals surface area contributed by atoms with Gasteiger partial charge in [-0.15, -0.1) is 0 Å². The molecule has 1 heterocycles. The van der Waals surface area contributed by atoms with Gasteiger partial charge < -0.3 is 5.11 Å². The van der Waals surface area contributed by atoms with Gasteiger partial charge in [0.25, 0.3) is 0 Å². The summed E-state index contributed by atoms with van der Waals surface area (Å²) in [5, 5.41) is 13.8. The van der Waals surface area contributed by atoms with Gasteiger partial charge in [-0.1, -0.05) is 31.0 Å². The molecule has 4 nitrogen and oxygen atoms in total. The lowest BCUT2D eigenvalue weighted by atomic mass is 10.2. The van der Waals surface area contributed by atoms with Gasteiger partial charge in [0, 0.05) is 10.7 Å². The molecule has 0 unspecified atom stereocenters. The largest absolute Gasteiger partial charge is 0.476 e. The minimum Gasteiger partial charge on any atom is -0.476 e. The molecule has 0 aliphatic heterocycles. The van der Waals surface area contributed by atoms with Crippen molar-refractivity contribution in [2.45, 2.75) is 26.7 Å². The number of aromatic carboxylic acids is 1. The Morgan fingerprint density at radius 1 is 1.42 bits per heavy atom. The Morgan fingerprint density at radius 2 is 2.16 bits per heavy atom. The molecule has 0 fully saturated rings. The average Bonchev–Trinajstić information content (AvgIpc) is 2.77. The van der Waals surface area contributed by atoms with E-state index in [9.17, 15) is 4.79 Å². The molecule has 0 radical (unpaired) electrons. The van der Waals surface area contributed by atoms with E-state index in [1.807, 2.05) is 26.0 Å². The highest BCUT2D eigenvalue weighted by Gasteiger charge is 2.15. The van der Waals surface area contributed by atoms with E-state index in [1.165, 1.54) is 0 Å². The lowest BCUT2D eigenvalue weighted by molar-refractivity contribution is 0.0690. The van der Waals surface area contributed by atoms with Crippen LogP contribution in [0, 0.1) is 6.92 Å². The van der Waals surface area contributed by atoms with Crippen LogP contribution >= 0.6 is 11.6 Å². The van der Waals surface area contributed by atoms with E-state index >= 15 is 0 Å². The fraction of sp³-hybridized carbons (Fsp3) is 0.286. The van der Waals surface area contributed by atoms with E-state index in [4.69, 9.17) is 16.7 Å². The predicted molar refractivity (Wildman–Crippen MR) is 74.3 cm³/mol. The van der Waals surface area contributed by atoms with Gasteiger partial charge in [-0.05, 0) is 37.1 Å². The molecule has 0 bridgehead atoms. The van der Waals surface area contributed by atoms with Crippen LogP contribution in [0.1, 0.15) is 35.1 Å². The molecule has 0 spiro atoms. The number of aryl methyl sites for hydroxylation is 2. The maximum absolute atomic E-state index is 11.1. The van der Waals surface area contributed by atoms with E-state index in [0.29, 0.717) is 5.02 Å². The van der Waals surface area contributed by atoms with Crippen molar-refractivity contribution in [2.24, 2.45) is 0 Å². The van der Waals surface area contributed by atoms with Crippen LogP contribution in [0.4, 0.5) is 0 Å². The van der Waals surface area contributed by atoms with Crippen LogP contribution in [0.5, 0.6) is 0 Å². The van der Waals surface area contributed by atoms with Gasteiger partial charge in [0.1, 0.15) is 0 Å². The van der Waals surface area contributed by atoms with E-state index < -0.39 is 5.97 Å². The lowest BCUT2D eigenvalue weighted by Gasteiger charge is -2.10. The molecule has 100 valence electrons. The summed E-state index contributed by atoms with van der Waals surface area (Å²) in [4.78, 5) is 11.1. The van der Waals surface area contributed by atoms with Crippen molar-refractivity contribution < 1.29 is 9.90 Å². The van der Waals surface area contributed by atoms with Crippen molar-refractivity contribution in [3.8, 4) is 5.69 Å². The predicted octanol–water partition coefficient (Wildman–Crippen LogP) is 3.48. The maximum Gasteiger partial charge on any atom is 0.356 e. The third-order valence-electron chi connectivity index (χ3n) is 2.91. The van der Waals surface area contributed by atoms with Crippen molar-refractivity contribution in [1.82, 2.24) is 9.78 Å². The quantitative estimate of drug-likeness (QED) is 0.931. The highest BCUT2D eigenvalue weighted by Crippen LogP contribution is 2.22.